The van der Waals surface area contributed by atoms with Crippen LogP contribution in [-0.2, 0) is 22.2 Å². The van der Waals surface area contributed by atoms with Gasteiger partial charge in [0.05, 0.1) is 11.3 Å². The van der Waals surface area contributed by atoms with E-state index in [0.29, 0.717) is 24.1 Å². The zero-order chi connectivity index (χ0) is 27.2. The summed E-state index contributed by atoms with van der Waals surface area (Å²) in [6.45, 7) is 7.54. The molecule has 0 aliphatic rings. The average Bonchev–Trinajstić information content (AvgIpc) is 3.32. The molecule has 37 heavy (non-hydrogen) atoms. The molecule has 3 aromatic heterocycles. The Balaban J connectivity index is 1.91. The van der Waals surface area contributed by atoms with Gasteiger partial charge in [-0.3, -0.25) is 19.9 Å². The topological polar surface area (TPSA) is 123 Å². The first-order valence-electron chi connectivity index (χ1n) is 11.4. The summed E-state index contributed by atoms with van der Waals surface area (Å²) in [5, 5.41) is 8.76. The minimum Gasteiger partial charge on any atom is -0.338 e. The number of urea groups is 1. The highest BCUT2D eigenvalue weighted by atomic mass is 19.4. The number of halogens is 3. The molecule has 13 heteroatoms. The molecule has 0 radical (unpaired) electrons. The lowest BCUT2D eigenvalue weighted by Gasteiger charge is -2.18. The monoisotopic (exact) mass is 519 g/mol. The molecule has 198 valence electrons. The van der Waals surface area contributed by atoms with E-state index >= 15 is 0 Å². The smallest absolute Gasteiger partial charge is 0.338 e. The van der Waals surface area contributed by atoms with E-state index in [2.05, 4.69) is 31.2 Å². The van der Waals surface area contributed by atoms with E-state index in [1.165, 1.54) is 24.7 Å². The zero-order valence-corrected chi connectivity index (χ0v) is 20.8. The summed E-state index contributed by atoms with van der Waals surface area (Å²) in [4.78, 5) is 37.8. The standard InChI is InChI=1S/C24H28F3N7O3/c1-5-29-22(36)31-20-11-18(34-9-8-19(32-34)24(25,26)27)17(14-30-20)16-10-15(12-28-13-16)6-7-21(35)33-37-23(2,3)4/h8-14H,5-7H2,1-4H3,(H,33,35)(H2,29,30,31,36). The number of hydrogen-bond acceptors (Lipinski definition) is 6. The number of amides is 3. The van der Waals surface area contributed by atoms with Gasteiger partial charge in [-0.1, -0.05) is 0 Å². The number of alkyl halides is 3. The van der Waals surface area contributed by atoms with Crippen LogP contribution in [0.1, 0.15) is 45.4 Å². The summed E-state index contributed by atoms with van der Waals surface area (Å²) in [6.07, 6.45) is 1.56. The van der Waals surface area contributed by atoms with Crippen molar-refractivity contribution in [3.8, 4) is 16.8 Å². The second-order valence-electron chi connectivity index (χ2n) is 9.04. The number of hydroxylamine groups is 1. The summed E-state index contributed by atoms with van der Waals surface area (Å²) in [6, 6.07) is 3.52. The number of aromatic nitrogens is 4. The molecule has 0 aliphatic heterocycles. The summed E-state index contributed by atoms with van der Waals surface area (Å²) < 4.78 is 40.6. The van der Waals surface area contributed by atoms with Crippen molar-refractivity contribution < 1.29 is 27.6 Å². The van der Waals surface area contributed by atoms with Gasteiger partial charge in [0, 0.05) is 54.9 Å². The summed E-state index contributed by atoms with van der Waals surface area (Å²) in [5.74, 6) is -0.187. The van der Waals surface area contributed by atoms with Crippen LogP contribution in [0.4, 0.5) is 23.8 Å². The van der Waals surface area contributed by atoms with Gasteiger partial charge < -0.3 is 5.32 Å². The molecule has 3 aromatic rings. The molecule has 0 spiro atoms. The van der Waals surface area contributed by atoms with Crippen molar-refractivity contribution in [1.29, 1.82) is 0 Å². The Morgan fingerprint density at radius 1 is 1.11 bits per heavy atom. The molecule has 0 bridgehead atoms. The fourth-order valence-electron chi connectivity index (χ4n) is 3.15. The maximum Gasteiger partial charge on any atom is 0.435 e. The second-order valence-corrected chi connectivity index (χ2v) is 9.04. The van der Waals surface area contributed by atoms with Crippen molar-refractivity contribution in [2.24, 2.45) is 0 Å². The van der Waals surface area contributed by atoms with E-state index in [9.17, 15) is 22.8 Å². The van der Waals surface area contributed by atoms with Crippen LogP contribution in [0.3, 0.4) is 0 Å². The van der Waals surface area contributed by atoms with Gasteiger partial charge in [0.1, 0.15) is 5.82 Å². The van der Waals surface area contributed by atoms with Crippen LogP contribution in [0.5, 0.6) is 0 Å². The van der Waals surface area contributed by atoms with Crippen LogP contribution in [-0.4, -0.2) is 43.8 Å². The van der Waals surface area contributed by atoms with Crippen molar-refractivity contribution in [2.75, 3.05) is 11.9 Å². The highest BCUT2D eigenvalue weighted by Crippen LogP contribution is 2.31. The van der Waals surface area contributed by atoms with Crippen molar-refractivity contribution >= 4 is 17.8 Å². The van der Waals surface area contributed by atoms with Gasteiger partial charge in [0.2, 0.25) is 5.91 Å². The molecule has 0 atom stereocenters. The fraction of sp³-hybridized carbons (Fsp3) is 0.375. The third-order valence-electron chi connectivity index (χ3n) is 4.81. The molecule has 0 aliphatic carbocycles. The predicted molar refractivity (Wildman–Crippen MR) is 130 cm³/mol. The normalized spacial score (nSPS) is 11.8. The molecule has 3 N–H and O–H groups in total. The third kappa shape index (κ3) is 8.00. The van der Waals surface area contributed by atoms with Gasteiger partial charge in [-0.2, -0.15) is 18.3 Å². The molecule has 0 unspecified atom stereocenters. The molecule has 0 fully saturated rings. The van der Waals surface area contributed by atoms with E-state index in [0.717, 1.165) is 16.3 Å². The average molecular weight is 520 g/mol. The molecule has 3 heterocycles. The molecule has 0 saturated heterocycles. The SMILES string of the molecule is CCNC(=O)Nc1cc(-n2ccc(C(F)(F)F)n2)c(-c2cncc(CCC(=O)NOC(C)(C)C)c2)cn1. The molecule has 10 nitrogen and oxygen atoms in total. The van der Waals surface area contributed by atoms with Crippen molar-refractivity contribution in [1.82, 2.24) is 30.5 Å². The van der Waals surface area contributed by atoms with E-state index in [1.54, 1.807) is 40.0 Å². The first kappa shape index (κ1) is 27.6. The maximum atomic E-state index is 13.2. The van der Waals surface area contributed by atoms with Crippen molar-refractivity contribution in [3.05, 3.63) is 54.2 Å². The van der Waals surface area contributed by atoms with Crippen LogP contribution in [0.15, 0.2) is 43.0 Å². The minimum atomic E-state index is -4.63. The van der Waals surface area contributed by atoms with Gasteiger partial charge in [-0.15, -0.1) is 0 Å². The Bertz CT molecular complexity index is 1250. The lowest BCUT2D eigenvalue weighted by molar-refractivity contribution is -0.145. The van der Waals surface area contributed by atoms with Crippen molar-refractivity contribution in [2.45, 2.75) is 52.3 Å². The highest BCUT2D eigenvalue weighted by molar-refractivity contribution is 5.89. The number of hydrogen-bond donors (Lipinski definition) is 3. The minimum absolute atomic E-state index is 0.119. The molecule has 0 aromatic carbocycles. The Hall–Kier alpha value is -4.00. The summed E-state index contributed by atoms with van der Waals surface area (Å²) in [7, 11) is 0. The summed E-state index contributed by atoms with van der Waals surface area (Å²) in [5.41, 5.74) is 2.73. The number of anilines is 1. The first-order chi connectivity index (χ1) is 17.4. The van der Waals surface area contributed by atoms with Crippen LogP contribution >= 0.6 is 0 Å². The van der Waals surface area contributed by atoms with Crippen molar-refractivity contribution in [3.63, 3.8) is 0 Å². The molecular formula is C24H28F3N7O3. The number of nitrogens with zero attached hydrogens (tertiary/aromatic N) is 4. The molecule has 0 saturated carbocycles. The number of nitrogens with one attached hydrogen (secondary N) is 3. The highest BCUT2D eigenvalue weighted by Gasteiger charge is 2.34. The number of rotatable bonds is 8. The van der Waals surface area contributed by atoms with Gasteiger partial charge in [0.25, 0.3) is 0 Å². The number of pyridine rings is 2. The lowest BCUT2D eigenvalue weighted by atomic mass is 10.0. The van der Waals surface area contributed by atoms with Crippen LogP contribution in [0.2, 0.25) is 0 Å². The Labute approximate surface area is 211 Å². The Morgan fingerprint density at radius 3 is 2.51 bits per heavy atom. The van der Waals surface area contributed by atoms with Crippen LogP contribution in [0, 0.1) is 0 Å². The molecule has 3 amide bonds. The second kappa shape index (κ2) is 11.4. The van der Waals surface area contributed by atoms with E-state index in [-0.39, 0.29) is 23.8 Å². The predicted octanol–water partition coefficient (Wildman–Crippen LogP) is 4.27. The first-order valence-corrected chi connectivity index (χ1v) is 11.4. The van der Waals surface area contributed by atoms with E-state index in [1.807, 2.05) is 0 Å². The van der Waals surface area contributed by atoms with Gasteiger partial charge in [-0.05, 0) is 51.8 Å². The van der Waals surface area contributed by atoms with Gasteiger partial charge >= 0.3 is 12.2 Å². The summed E-state index contributed by atoms with van der Waals surface area (Å²) >= 11 is 0. The Morgan fingerprint density at radius 2 is 1.86 bits per heavy atom. The number of carbonyl (C=O) groups is 2. The zero-order valence-electron chi connectivity index (χ0n) is 20.8. The van der Waals surface area contributed by atoms with Gasteiger partial charge in [0.15, 0.2) is 5.69 Å². The lowest BCUT2D eigenvalue weighted by Crippen LogP contribution is -2.33. The van der Waals surface area contributed by atoms with Crippen LogP contribution in [0.25, 0.3) is 16.8 Å². The third-order valence-corrected chi connectivity index (χ3v) is 4.81. The largest absolute Gasteiger partial charge is 0.435 e. The molecule has 3 rings (SSSR count). The van der Waals surface area contributed by atoms with Crippen LogP contribution < -0.4 is 16.1 Å². The Kier molecular flexibility index (Phi) is 8.48. The van der Waals surface area contributed by atoms with E-state index in [4.69, 9.17) is 4.84 Å². The number of aryl methyl sites for hydroxylation is 1. The maximum absolute atomic E-state index is 13.2. The fourth-order valence-corrected chi connectivity index (χ4v) is 3.15. The molecular weight excluding hydrogens is 491 g/mol. The quantitative estimate of drug-likeness (QED) is 0.382. The number of carbonyl (C=O) groups excluding carboxylic acids is 2. The van der Waals surface area contributed by atoms with Gasteiger partial charge in [-0.25, -0.2) is 19.9 Å². The van der Waals surface area contributed by atoms with E-state index < -0.39 is 23.5 Å².